The highest BCUT2D eigenvalue weighted by molar-refractivity contribution is 5.88. The van der Waals surface area contributed by atoms with Crippen molar-refractivity contribution < 1.29 is 4.79 Å². The van der Waals surface area contributed by atoms with Gasteiger partial charge in [-0.05, 0) is 38.5 Å². The van der Waals surface area contributed by atoms with Crippen molar-refractivity contribution in [3.63, 3.8) is 0 Å². The summed E-state index contributed by atoms with van der Waals surface area (Å²) < 4.78 is 0. The smallest absolute Gasteiger partial charge is 0.323 e. The molecule has 3 N–H and O–H groups in total. The summed E-state index contributed by atoms with van der Waals surface area (Å²) in [5.74, 6) is -0.116. The molecule has 5 nitrogen and oxygen atoms in total. The third-order valence-corrected chi connectivity index (χ3v) is 2.82. The van der Waals surface area contributed by atoms with Crippen LogP contribution in [-0.4, -0.2) is 15.9 Å². The Kier molecular flexibility index (Phi) is 3.55. The number of benzene rings is 1. The molecule has 0 spiro atoms. The maximum Gasteiger partial charge on any atom is 0.323 e. The van der Waals surface area contributed by atoms with Crippen LogP contribution < -0.4 is 11.0 Å². The monoisotopic (exact) mass is 259 g/mol. The Labute approximate surface area is 110 Å². The van der Waals surface area contributed by atoms with Gasteiger partial charge in [-0.25, -0.2) is 4.79 Å². The molecule has 0 fully saturated rings. The number of rotatable bonds is 3. The van der Waals surface area contributed by atoms with E-state index < -0.39 is 0 Å². The number of carbonyl (C=O) groups is 1. The van der Waals surface area contributed by atoms with Crippen LogP contribution in [0.1, 0.15) is 32.4 Å². The topological polar surface area (TPSA) is 77.8 Å². The van der Waals surface area contributed by atoms with Crippen molar-refractivity contribution in [3.05, 3.63) is 45.9 Å². The fraction of sp³-hybridized carbons (Fsp3) is 0.286. The van der Waals surface area contributed by atoms with Crippen LogP contribution in [0.3, 0.4) is 0 Å². The molecule has 5 heteroatoms. The van der Waals surface area contributed by atoms with Crippen molar-refractivity contribution >= 4 is 16.9 Å². The number of hydrogen-bond acceptors (Lipinski definition) is 2. The van der Waals surface area contributed by atoms with Gasteiger partial charge in [-0.15, -0.1) is 0 Å². The van der Waals surface area contributed by atoms with Crippen LogP contribution >= 0.6 is 0 Å². The number of hydrogen-bond donors (Lipinski definition) is 3. The van der Waals surface area contributed by atoms with Crippen LogP contribution in [0.4, 0.5) is 0 Å². The SMILES string of the molecule is CC(C)=CC(=O)N[C@@H](C)c1ccc2[nH]c(=O)[nH]c2c1. The van der Waals surface area contributed by atoms with Crippen molar-refractivity contribution in [1.82, 2.24) is 15.3 Å². The fourth-order valence-corrected chi connectivity index (χ4v) is 1.92. The molecule has 0 radical (unpaired) electrons. The van der Waals surface area contributed by atoms with Crippen LogP contribution in [0, 0.1) is 0 Å². The van der Waals surface area contributed by atoms with Crippen molar-refractivity contribution in [2.45, 2.75) is 26.8 Å². The lowest BCUT2D eigenvalue weighted by Crippen LogP contribution is -2.24. The first-order valence-corrected chi connectivity index (χ1v) is 6.13. The molecule has 0 unspecified atom stereocenters. The van der Waals surface area contributed by atoms with E-state index in [9.17, 15) is 9.59 Å². The molecule has 2 rings (SSSR count). The Morgan fingerprint density at radius 2 is 1.95 bits per heavy atom. The molecule has 1 atom stereocenters. The number of aromatic nitrogens is 2. The Morgan fingerprint density at radius 3 is 2.63 bits per heavy atom. The van der Waals surface area contributed by atoms with Gasteiger partial charge < -0.3 is 15.3 Å². The minimum Gasteiger partial charge on any atom is -0.346 e. The van der Waals surface area contributed by atoms with Crippen LogP contribution in [0.2, 0.25) is 0 Å². The molecule has 0 bridgehead atoms. The quantitative estimate of drug-likeness (QED) is 0.737. The van der Waals surface area contributed by atoms with Gasteiger partial charge in [0, 0.05) is 6.08 Å². The van der Waals surface area contributed by atoms with E-state index in [4.69, 9.17) is 0 Å². The maximum atomic E-state index is 11.7. The zero-order chi connectivity index (χ0) is 14.0. The Balaban J connectivity index is 2.21. The van der Waals surface area contributed by atoms with Gasteiger partial charge >= 0.3 is 5.69 Å². The zero-order valence-electron chi connectivity index (χ0n) is 11.2. The summed E-state index contributed by atoms with van der Waals surface area (Å²) in [5, 5.41) is 2.88. The summed E-state index contributed by atoms with van der Waals surface area (Å²) in [5.41, 5.74) is 3.17. The average molecular weight is 259 g/mol. The number of fused-ring (bicyclic) bond motifs is 1. The molecule has 100 valence electrons. The number of aromatic amines is 2. The second-order valence-electron chi connectivity index (χ2n) is 4.84. The van der Waals surface area contributed by atoms with Gasteiger partial charge in [0.05, 0.1) is 17.1 Å². The summed E-state index contributed by atoms with van der Waals surface area (Å²) in [6.45, 7) is 5.66. The van der Waals surface area contributed by atoms with E-state index >= 15 is 0 Å². The first-order valence-electron chi connectivity index (χ1n) is 6.13. The zero-order valence-corrected chi connectivity index (χ0v) is 11.2. The fourth-order valence-electron chi connectivity index (χ4n) is 1.92. The van der Waals surface area contributed by atoms with Gasteiger partial charge in [-0.3, -0.25) is 4.79 Å². The lowest BCUT2D eigenvalue weighted by Gasteiger charge is -2.13. The van der Waals surface area contributed by atoms with Crippen LogP contribution in [0.15, 0.2) is 34.6 Å². The van der Waals surface area contributed by atoms with E-state index in [1.807, 2.05) is 39.0 Å². The molecule has 0 aliphatic rings. The average Bonchev–Trinajstić information content (AvgIpc) is 2.66. The second-order valence-corrected chi connectivity index (χ2v) is 4.84. The minimum atomic E-state index is -0.228. The first-order chi connectivity index (χ1) is 8.95. The van der Waals surface area contributed by atoms with Gasteiger partial charge in [-0.1, -0.05) is 11.6 Å². The van der Waals surface area contributed by atoms with Crippen LogP contribution in [0.25, 0.3) is 11.0 Å². The van der Waals surface area contributed by atoms with Gasteiger partial charge in [0.25, 0.3) is 0 Å². The Hall–Kier alpha value is -2.30. The van der Waals surface area contributed by atoms with E-state index in [0.29, 0.717) is 0 Å². The number of nitrogens with one attached hydrogen (secondary N) is 3. The Bertz CT molecular complexity index is 690. The number of carbonyl (C=O) groups excluding carboxylic acids is 1. The summed E-state index contributed by atoms with van der Waals surface area (Å²) in [6, 6.07) is 5.46. The number of imidazole rings is 1. The number of amides is 1. The minimum absolute atomic E-state index is 0.116. The standard InChI is InChI=1S/C14H17N3O2/c1-8(2)6-13(18)15-9(3)10-4-5-11-12(7-10)17-14(19)16-11/h4-7,9H,1-3H3,(H,15,18)(H2,16,17,19)/t9-/m0/s1. The molecular weight excluding hydrogens is 242 g/mol. The molecule has 2 aromatic rings. The lowest BCUT2D eigenvalue weighted by atomic mass is 10.1. The van der Waals surface area contributed by atoms with Crippen molar-refractivity contribution in [2.75, 3.05) is 0 Å². The molecule has 1 aromatic carbocycles. The molecule has 19 heavy (non-hydrogen) atoms. The first kappa shape index (κ1) is 13.1. The van der Waals surface area contributed by atoms with Crippen LogP contribution in [0.5, 0.6) is 0 Å². The molecular formula is C14H17N3O2. The second kappa shape index (κ2) is 5.14. The summed E-state index contributed by atoms with van der Waals surface area (Å²) >= 11 is 0. The van der Waals surface area contributed by atoms with E-state index in [-0.39, 0.29) is 17.6 Å². The largest absolute Gasteiger partial charge is 0.346 e. The molecule has 0 saturated heterocycles. The predicted octanol–water partition coefficient (Wildman–Crippen LogP) is 2.00. The highest BCUT2D eigenvalue weighted by Crippen LogP contribution is 2.16. The van der Waals surface area contributed by atoms with E-state index in [0.717, 1.165) is 22.2 Å². The molecule has 1 heterocycles. The van der Waals surface area contributed by atoms with Gasteiger partial charge in [0.2, 0.25) is 5.91 Å². The van der Waals surface area contributed by atoms with Gasteiger partial charge in [0.15, 0.2) is 0 Å². The van der Waals surface area contributed by atoms with Crippen molar-refractivity contribution in [1.29, 1.82) is 0 Å². The maximum absolute atomic E-state index is 11.7. The van der Waals surface area contributed by atoms with E-state index in [2.05, 4.69) is 15.3 Å². The summed E-state index contributed by atoms with van der Waals surface area (Å²) in [6.07, 6.45) is 1.56. The predicted molar refractivity (Wildman–Crippen MR) is 74.9 cm³/mol. The molecule has 0 aliphatic carbocycles. The molecule has 0 saturated carbocycles. The third-order valence-electron chi connectivity index (χ3n) is 2.82. The highest BCUT2D eigenvalue weighted by Gasteiger charge is 2.09. The lowest BCUT2D eigenvalue weighted by molar-refractivity contribution is -0.117. The van der Waals surface area contributed by atoms with Gasteiger partial charge in [0.1, 0.15) is 0 Å². The van der Waals surface area contributed by atoms with E-state index in [1.165, 1.54) is 0 Å². The molecule has 1 amide bonds. The highest BCUT2D eigenvalue weighted by atomic mass is 16.1. The Morgan fingerprint density at radius 1 is 1.26 bits per heavy atom. The number of H-pyrrole nitrogens is 2. The third kappa shape index (κ3) is 3.13. The van der Waals surface area contributed by atoms with E-state index in [1.54, 1.807) is 6.08 Å². The molecule has 0 aliphatic heterocycles. The normalized spacial score (nSPS) is 12.2. The van der Waals surface area contributed by atoms with Crippen molar-refractivity contribution in [3.8, 4) is 0 Å². The van der Waals surface area contributed by atoms with Crippen LogP contribution in [-0.2, 0) is 4.79 Å². The van der Waals surface area contributed by atoms with Gasteiger partial charge in [-0.2, -0.15) is 0 Å². The summed E-state index contributed by atoms with van der Waals surface area (Å²) in [4.78, 5) is 28.2. The summed E-state index contributed by atoms with van der Waals surface area (Å²) in [7, 11) is 0. The molecule has 1 aromatic heterocycles. The van der Waals surface area contributed by atoms with Crippen molar-refractivity contribution in [2.24, 2.45) is 0 Å². The number of allylic oxidation sites excluding steroid dienone is 1.